The van der Waals surface area contributed by atoms with Gasteiger partial charge >= 0.3 is 17.9 Å². The van der Waals surface area contributed by atoms with Crippen LogP contribution in [0.4, 0.5) is 0 Å². The molecule has 0 aliphatic rings. The maximum absolute atomic E-state index is 12.7. The number of carboxylic acid groups (broad SMARTS) is 3. The number of phenolic OH excluding ortho intramolecular Hbond substituents is 3. The van der Waals surface area contributed by atoms with Crippen molar-refractivity contribution in [1.29, 1.82) is 0 Å². The molecule has 66 heavy (non-hydrogen) atoms. The van der Waals surface area contributed by atoms with E-state index in [-0.39, 0.29) is 51.4 Å². The second-order valence-electron chi connectivity index (χ2n) is 19.0. The molecule has 3 atom stereocenters. The summed E-state index contributed by atoms with van der Waals surface area (Å²) in [6, 6.07) is 13.8. The van der Waals surface area contributed by atoms with Crippen molar-refractivity contribution >= 4 is 17.9 Å². The molecule has 0 aliphatic carbocycles. The van der Waals surface area contributed by atoms with Gasteiger partial charge in [0.05, 0.1) is 32.9 Å². The molecule has 4 rings (SSSR count). The minimum Gasteiger partial charge on any atom is -0.507 e. The lowest BCUT2D eigenvalue weighted by Gasteiger charge is -2.26. The largest absolute Gasteiger partial charge is 0.507 e. The number of hydrogen-bond donors (Lipinski definition) is 6. The fourth-order valence-electron chi connectivity index (χ4n) is 8.83. The number of benzene rings is 3. The maximum Gasteiger partial charge on any atom is 0.313 e. The van der Waals surface area contributed by atoms with Crippen LogP contribution in [0.3, 0.4) is 0 Å². The fourth-order valence-corrected chi connectivity index (χ4v) is 8.83. The van der Waals surface area contributed by atoms with E-state index in [1.807, 2.05) is 0 Å². The Morgan fingerprint density at radius 1 is 0.394 bits per heavy atom. The molecule has 3 unspecified atom stereocenters. The molecule has 1 heterocycles. The molecule has 0 saturated carbocycles. The minimum atomic E-state index is -1.28. The Morgan fingerprint density at radius 3 is 0.833 bits per heavy atom. The van der Waals surface area contributed by atoms with Gasteiger partial charge in [-0.15, -0.1) is 0 Å². The molecule has 6 N–H and O–H groups in total. The van der Waals surface area contributed by atoms with E-state index < -0.39 is 34.2 Å². The Morgan fingerprint density at radius 2 is 0.621 bits per heavy atom. The fraction of sp³-hybridized carbons (Fsp3) is 0.556. The third-order valence-corrected chi connectivity index (χ3v) is 13.8. The van der Waals surface area contributed by atoms with Crippen LogP contribution >= 0.6 is 0 Å². The van der Waals surface area contributed by atoms with Crippen LogP contribution in [0.25, 0.3) is 34.2 Å². The summed E-state index contributed by atoms with van der Waals surface area (Å²) in [6.45, 7) is 11.4. The first-order chi connectivity index (χ1) is 31.5. The number of aromatic hydroxyl groups is 3. The minimum absolute atomic E-state index is 0.0455. The number of carboxylic acids is 3. The molecule has 1 aromatic heterocycles. The van der Waals surface area contributed by atoms with E-state index in [1.165, 1.54) is 18.2 Å². The van der Waals surface area contributed by atoms with E-state index in [1.54, 1.807) is 57.2 Å². The molecule has 0 aliphatic heterocycles. The van der Waals surface area contributed by atoms with Gasteiger partial charge in [0.2, 0.25) is 0 Å². The first kappa shape index (κ1) is 53.1. The molecule has 0 amide bonds. The van der Waals surface area contributed by atoms with Crippen LogP contribution < -0.4 is 0 Å². The highest BCUT2D eigenvalue weighted by molar-refractivity contribution is 5.84. The SMILES string of the molecule is CCCCCCCCC(C)(C(=O)O)c1ccc(-c2nc(-c3ccc(C(C)(CCCCCCCC)C(=O)O)cc3O)nc(-c3ccc(C(C)(CCCCCCCC)C(=O)O)cc3O)n2)c(O)c1. The molecule has 3 aromatic carbocycles. The second kappa shape index (κ2) is 24.8. The average molecular weight is 910 g/mol. The highest BCUT2D eigenvalue weighted by atomic mass is 16.4. The standard InChI is InChI=1S/C54H75N3O9/c1-7-10-13-16-19-22-31-52(4,49(61)62)37-25-28-40(43(58)34-37)46-55-47(41-29-26-38(35-44(41)59)53(5,50(63)64)32-23-20-17-14-11-8-2)57-48(56-46)42-30-27-39(36-45(42)60)54(6,51(65)66)33-24-21-18-15-12-9-3/h25-30,34-36,58-60H,7-24,31-33H2,1-6H3,(H,61,62)(H,63,64)(H,65,66). The van der Waals surface area contributed by atoms with Crippen molar-refractivity contribution in [3.05, 3.63) is 71.3 Å². The third kappa shape index (κ3) is 13.3. The third-order valence-electron chi connectivity index (χ3n) is 13.8. The van der Waals surface area contributed by atoms with Gasteiger partial charge in [-0.3, -0.25) is 14.4 Å². The van der Waals surface area contributed by atoms with Crippen molar-refractivity contribution < 1.29 is 45.0 Å². The van der Waals surface area contributed by atoms with E-state index >= 15 is 0 Å². The van der Waals surface area contributed by atoms with Gasteiger partial charge in [0.1, 0.15) is 17.2 Å². The topological polar surface area (TPSA) is 211 Å². The summed E-state index contributed by atoms with van der Waals surface area (Å²) in [7, 11) is 0. The van der Waals surface area contributed by atoms with Gasteiger partial charge in [-0.05, 0) is 93.1 Å². The smallest absolute Gasteiger partial charge is 0.313 e. The van der Waals surface area contributed by atoms with Crippen LogP contribution in [-0.2, 0) is 30.6 Å². The number of aliphatic carboxylic acids is 3. The number of carbonyl (C=O) groups is 3. The zero-order chi connectivity index (χ0) is 48.5. The van der Waals surface area contributed by atoms with E-state index in [0.29, 0.717) is 55.2 Å². The van der Waals surface area contributed by atoms with Crippen molar-refractivity contribution in [1.82, 2.24) is 15.0 Å². The van der Waals surface area contributed by atoms with Crippen LogP contribution in [-0.4, -0.2) is 63.5 Å². The Kier molecular flexibility index (Phi) is 20.0. The predicted octanol–water partition coefficient (Wildman–Crippen LogP) is 13.3. The Bertz CT molecular complexity index is 1990. The first-order valence-corrected chi connectivity index (χ1v) is 24.4. The summed E-state index contributed by atoms with van der Waals surface area (Å²) in [5.74, 6) is -4.03. The van der Waals surface area contributed by atoms with Crippen LogP contribution in [0.15, 0.2) is 54.6 Å². The Labute approximate surface area is 392 Å². The second-order valence-corrected chi connectivity index (χ2v) is 19.0. The summed E-state index contributed by atoms with van der Waals surface area (Å²) >= 11 is 0. The highest BCUT2D eigenvalue weighted by Gasteiger charge is 2.38. The maximum atomic E-state index is 12.7. The van der Waals surface area contributed by atoms with E-state index in [4.69, 9.17) is 0 Å². The van der Waals surface area contributed by atoms with Gasteiger partial charge in [0.25, 0.3) is 0 Å². The number of unbranched alkanes of at least 4 members (excludes halogenated alkanes) is 15. The number of hydrogen-bond acceptors (Lipinski definition) is 9. The molecule has 0 bridgehead atoms. The summed E-state index contributed by atoms with van der Waals surface area (Å²) < 4.78 is 0. The van der Waals surface area contributed by atoms with Crippen molar-refractivity contribution in [2.45, 2.75) is 193 Å². The Hall–Kier alpha value is -5.52. The van der Waals surface area contributed by atoms with Gasteiger partial charge in [0.15, 0.2) is 17.5 Å². The lowest BCUT2D eigenvalue weighted by atomic mass is 9.77. The molecule has 4 aromatic rings. The molecule has 0 spiro atoms. The molecule has 360 valence electrons. The monoisotopic (exact) mass is 910 g/mol. The zero-order valence-corrected chi connectivity index (χ0v) is 40.3. The highest BCUT2D eigenvalue weighted by Crippen LogP contribution is 2.42. The summed E-state index contributed by atoms with van der Waals surface area (Å²) in [5.41, 5.74) is -2.21. The zero-order valence-electron chi connectivity index (χ0n) is 40.3. The number of aromatic nitrogens is 3. The van der Waals surface area contributed by atoms with Crippen LogP contribution in [0.5, 0.6) is 17.2 Å². The van der Waals surface area contributed by atoms with Gasteiger partial charge in [-0.25, -0.2) is 15.0 Å². The molecule has 12 nitrogen and oxygen atoms in total. The van der Waals surface area contributed by atoms with E-state index in [2.05, 4.69) is 35.7 Å². The quantitative estimate of drug-likeness (QED) is 0.0270. The average Bonchev–Trinajstić information content (AvgIpc) is 3.29. The molecule has 12 heteroatoms. The Balaban J connectivity index is 1.81. The lowest BCUT2D eigenvalue weighted by molar-refractivity contribution is -0.144. The van der Waals surface area contributed by atoms with Crippen LogP contribution in [0.2, 0.25) is 0 Å². The molecule has 0 fully saturated rings. The van der Waals surface area contributed by atoms with E-state index in [9.17, 15) is 45.0 Å². The molecular formula is C54H75N3O9. The van der Waals surface area contributed by atoms with Crippen molar-refractivity contribution in [3.63, 3.8) is 0 Å². The number of phenols is 3. The van der Waals surface area contributed by atoms with Crippen molar-refractivity contribution in [2.24, 2.45) is 0 Å². The van der Waals surface area contributed by atoms with Gasteiger partial charge in [-0.2, -0.15) is 0 Å². The summed E-state index contributed by atoms with van der Waals surface area (Å²) in [6.07, 6.45) is 19.0. The van der Waals surface area contributed by atoms with Crippen LogP contribution in [0.1, 0.15) is 193 Å². The normalized spacial score (nSPS) is 14.3. The van der Waals surface area contributed by atoms with Gasteiger partial charge in [0, 0.05) is 0 Å². The number of nitrogens with zero attached hydrogens (tertiary/aromatic N) is 3. The lowest BCUT2D eigenvalue weighted by Crippen LogP contribution is -2.32. The van der Waals surface area contributed by atoms with Crippen LogP contribution in [0, 0.1) is 0 Å². The summed E-state index contributed by atoms with van der Waals surface area (Å²) in [4.78, 5) is 52.3. The number of rotatable bonds is 30. The van der Waals surface area contributed by atoms with Crippen molar-refractivity contribution in [2.75, 3.05) is 0 Å². The summed E-state index contributed by atoms with van der Waals surface area (Å²) in [5, 5.41) is 66.1. The molecule has 0 saturated heterocycles. The van der Waals surface area contributed by atoms with Gasteiger partial charge in [-0.1, -0.05) is 155 Å². The van der Waals surface area contributed by atoms with E-state index in [0.717, 1.165) is 96.3 Å². The first-order valence-electron chi connectivity index (χ1n) is 24.4. The molecular weight excluding hydrogens is 835 g/mol. The predicted molar refractivity (Wildman–Crippen MR) is 260 cm³/mol. The van der Waals surface area contributed by atoms with Gasteiger partial charge < -0.3 is 30.6 Å². The van der Waals surface area contributed by atoms with Crippen molar-refractivity contribution in [3.8, 4) is 51.4 Å². The molecule has 0 radical (unpaired) electrons.